The molecule has 0 saturated heterocycles. The van der Waals surface area contributed by atoms with E-state index in [2.05, 4.69) is 10.2 Å². The van der Waals surface area contributed by atoms with Crippen LogP contribution < -0.4 is 0 Å². The van der Waals surface area contributed by atoms with Crippen molar-refractivity contribution in [3.05, 3.63) is 71.1 Å². The number of hydrogen-bond acceptors (Lipinski definition) is 6. The van der Waals surface area contributed by atoms with Crippen LogP contribution in [-0.2, 0) is 9.53 Å². The van der Waals surface area contributed by atoms with Gasteiger partial charge in [-0.05, 0) is 43.3 Å². The zero-order valence-corrected chi connectivity index (χ0v) is 15.1. The predicted octanol–water partition coefficient (Wildman–Crippen LogP) is 5.55. The second-order valence-corrected chi connectivity index (χ2v) is 6.28. The van der Waals surface area contributed by atoms with Crippen molar-refractivity contribution in [1.82, 2.24) is 0 Å². The summed E-state index contributed by atoms with van der Waals surface area (Å²) in [6, 6.07) is 16.1. The van der Waals surface area contributed by atoms with Gasteiger partial charge in [0.25, 0.3) is 0 Å². The van der Waals surface area contributed by atoms with Crippen molar-refractivity contribution < 1.29 is 14.6 Å². The first kappa shape index (κ1) is 19.0. The van der Waals surface area contributed by atoms with E-state index in [1.807, 2.05) is 18.2 Å². The Hall–Kier alpha value is -2.31. The third kappa shape index (κ3) is 6.25. The molecule has 0 heterocycles. The summed E-state index contributed by atoms with van der Waals surface area (Å²) >= 11 is 7.19. The molecular weight excluding hydrogens is 360 g/mol. The lowest BCUT2D eigenvalue weighted by molar-refractivity contribution is -0.138. The molecule has 0 fully saturated rings. The highest BCUT2D eigenvalue weighted by molar-refractivity contribution is 7.99. The number of ether oxygens (including phenoxy) is 1. The molecule has 0 aliphatic rings. The van der Waals surface area contributed by atoms with E-state index in [0.717, 1.165) is 4.90 Å². The van der Waals surface area contributed by atoms with Gasteiger partial charge in [-0.2, -0.15) is 5.11 Å². The maximum Gasteiger partial charge on any atom is 0.362 e. The summed E-state index contributed by atoms with van der Waals surface area (Å²) in [4.78, 5) is 12.9. The van der Waals surface area contributed by atoms with E-state index in [-0.39, 0.29) is 23.8 Å². The summed E-state index contributed by atoms with van der Waals surface area (Å²) in [5.74, 6) is -0.752. The van der Waals surface area contributed by atoms with Crippen LogP contribution in [0.25, 0.3) is 0 Å². The first-order valence-corrected chi connectivity index (χ1v) is 8.91. The molecule has 2 aromatic carbocycles. The van der Waals surface area contributed by atoms with Crippen LogP contribution in [0.5, 0.6) is 0 Å². The molecule has 0 aromatic heterocycles. The van der Waals surface area contributed by atoms with Crippen LogP contribution >= 0.6 is 23.4 Å². The summed E-state index contributed by atoms with van der Waals surface area (Å²) in [5.41, 5.74) is 0.370. The van der Waals surface area contributed by atoms with Gasteiger partial charge in [-0.25, -0.2) is 4.79 Å². The zero-order chi connectivity index (χ0) is 18.1. The molecule has 7 heteroatoms. The normalized spacial score (nSPS) is 12.1. The number of halogens is 1. The number of carbonyl (C=O) groups is 1. The van der Waals surface area contributed by atoms with Crippen LogP contribution in [-0.4, -0.2) is 23.4 Å². The molecule has 0 saturated carbocycles. The number of rotatable bonds is 7. The van der Waals surface area contributed by atoms with Crippen LogP contribution in [0.15, 0.2) is 81.2 Å². The van der Waals surface area contributed by atoms with E-state index in [4.69, 9.17) is 16.3 Å². The molecule has 0 bridgehead atoms. The Labute approximate surface area is 155 Å². The fraction of sp³-hybridized carbons (Fsp3) is 0.167. The van der Waals surface area contributed by atoms with Crippen LogP contribution in [0, 0.1) is 0 Å². The van der Waals surface area contributed by atoms with E-state index in [9.17, 15) is 9.90 Å². The van der Waals surface area contributed by atoms with Crippen LogP contribution in [0.3, 0.4) is 0 Å². The highest BCUT2D eigenvalue weighted by atomic mass is 35.5. The van der Waals surface area contributed by atoms with Gasteiger partial charge in [-0.15, -0.1) is 16.9 Å². The Kier molecular flexibility index (Phi) is 7.50. The lowest BCUT2D eigenvalue weighted by Crippen LogP contribution is -2.09. The van der Waals surface area contributed by atoms with E-state index in [1.54, 1.807) is 43.3 Å². The highest BCUT2D eigenvalue weighted by Gasteiger charge is 2.17. The number of azo groups is 1. The minimum Gasteiger partial charge on any atom is -0.509 e. The smallest absolute Gasteiger partial charge is 0.362 e. The standard InChI is InChI=1S/C18H17ClN2O3S/c1-2-24-18(23)17(21-20-14-6-4-3-5-7-14)16(22)12-25-15-10-8-13(19)9-11-15/h3-11,22H,2,12H2,1H3/b17-16-,21-20?. The molecule has 0 atom stereocenters. The Morgan fingerprint density at radius 1 is 1.16 bits per heavy atom. The minimum atomic E-state index is -0.712. The lowest BCUT2D eigenvalue weighted by atomic mass is 10.3. The fourth-order valence-electron chi connectivity index (χ4n) is 1.77. The largest absolute Gasteiger partial charge is 0.509 e. The Morgan fingerprint density at radius 3 is 2.48 bits per heavy atom. The number of hydrogen-bond donors (Lipinski definition) is 1. The average molecular weight is 377 g/mol. The van der Waals surface area contributed by atoms with Gasteiger partial charge >= 0.3 is 5.97 Å². The van der Waals surface area contributed by atoms with E-state index in [0.29, 0.717) is 10.7 Å². The van der Waals surface area contributed by atoms with Crippen molar-refractivity contribution in [2.24, 2.45) is 10.2 Å². The number of thioether (sulfide) groups is 1. The number of benzene rings is 2. The topological polar surface area (TPSA) is 71.2 Å². The van der Waals surface area contributed by atoms with Crippen molar-refractivity contribution in [2.45, 2.75) is 11.8 Å². The second kappa shape index (κ2) is 9.86. The molecule has 0 radical (unpaired) electrons. The number of nitrogens with zero attached hydrogens (tertiary/aromatic N) is 2. The van der Waals surface area contributed by atoms with E-state index in [1.165, 1.54) is 11.8 Å². The molecule has 0 spiro atoms. The summed E-state index contributed by atoms with van der Waals surface area (Å²) in [5, 5.41) is 18.8. The Balaban J connectivity index is 2.16. The lowest BCUT2D eigenvalue weighted by Gasteiger charge is -2.06. The SMILES string of the molecule is CCOC(=O)/C(N=Nc1ccccc1)=C(/O)CSc1ccc(Cl)cc1. The molecule has 0 amide bonds. The second-order valence-electron chi connectivity index (χ2n) is 4.79. The molecule has 130 valence electrons. The van der Waals surface area contributed by atoms with Crippen molar-refractivity contribution in [2.75, 3.05) is 12.4 Å². The summed E-state index contributed by atoms with van der Waals surface area (Å²) in [7, 11) is 0. The molecule has 0 unspecified atom stereocenters. The van der Waals surface area contributed by atoms with E-state index < -0.39 is 5.97 Å². The minimum absolute atomic E-state index is 0.156. The molecule has 1 N–H and O–H groups in total. The number of esters is 1. The zero-order valence-electron chi connectivity index (χ0n) is 13.6. The molecule has 25 heavy (non-hydrogen) atoms. The number of carbonyl (C=O) groups excluding carboxylic acids is 1. The molecule has 0 aliphatic carbocycles. The first-order chi connectivity index (χ1) is 12.1. The van der Waals surface area contributed by atoms with Crippen LogP contribution in [0.1, 0.15) is 6.92 Å². The highest BCUT2D eigenvalue weighted by Crippen LogP contribution is 2.24. The quantitative estimate of drug-likeness (QED) is 0.226. The predicted molar refractivity (Wildman–Crippen MR) is 99.4 cm³/mol. The molecular formula is C18H17ClN2O3S. The van der Waals surface area contributed by atoms with Gasteiger partial charge in [-0.1, -0.05) is 29.8 Å². The van der Waals surface area contributed by atoms with Crippen LogP contribution in [0.2, 0.25) is 5.02 Å². The van der Waals surface area contributed by atoms with E-state index >= 15 is 0 Å². The average Bonchev–Trinajstić information content (AvgIpc) is 2.62. The Morgan fingerprint density at radius 2 is 1.84 bits per heavy atom. The number of aliphatic hydroxyl groups excluding tert-OH is 1. The van der Waals surface area contributed by atoms with Crippen molar-refractivity contribution in [3.63, 3.8) is 0 Å². The van der Waals surface area contributed by atoms with Gasteiger partial charge in [0.1, 0.15) is 5.76 Å². The third-order valence-corrected chi connectivity index (χ3v) is 4.23. The molecule has 5 nitrogen and oxygen atoms in total. The number of aliphatic hydroxyl groups is 1. The summed E-state index contributed by atoms with van der Waals surface area (Å²) in [6.45, 7) is 1.87. The van der Waals surface area contributed by atoms with Crippen molar-refractivity contribution in [1.29, 1.82) is 0 Å². The molecule has 2 rings (SSSR count). The van der Waals surface area contributed by atoms with Gasteiger partial charge in [0, 0.05) is 9.92 Å². The molecule has 2 aromatic rings. The summed E-state index contributed by atoms with van der Waals surface area (Å²) in [6.07, 6.45) is 0. The fourth-order valence-corrected chi connectivity index (χ4v) is 2.66. The van der Waals surface area contributed by atoms with Crippen molar-refractivity contribution >= 4 is 35.0 Å². The van der Waals surface area contributed by atoms with Crippen LogP contribution in [0.4, 0.5) is 5.69 Å². The van der Waals surface area contributed by atoms with Gasteiger partial charge < -0.3 is 9.84 Å². The van der Waals surface area contributed by atoms with Gasteiger partial charge in [0.15, 0.2) is 0 Å². The first-order valence-electron chi connectivity index (χ1n) is 7.54. The van der Waals surface area contributed by atoms with Gasteiger partial charge in [-0.3, -0.25) is 0 Å². The maximum atomic E-state index is 12.0. The maximum absolute atomic E-state index is 12.0. The Bertz CT molecular complexity index is 762. The van der Waals surface area contributed by atoms with Gasteiger partial charge in [0.05, 0.1) is 18.0 Å². The monoisotopic (exact) mass is 376 g/mol. The third-order valence-electron chi connectivity index (χ3n) is 2.95. The van der Waals surface area contributed by atoms with Gasteiger partial charge in [0.2, 0.25) is 5.70 Å². The summed E-state index contributed by atoms with van der Waals surface area (Å²) < 4.78 is 4.94. The molecule has 0 aliphatic heterocycles. The van der Waals surface area contributed by atoms with Crippen molar-refractivity contribution in [3.8, 4) is 0 Å².